The molecule has 0 N–H and O–H groups in total. The van der Waals surface area contributed by atoms with Crippen LogP contribution in [0, 0.1) is 13.8 Å². The van der Waals surface area contributed by atoms with Gasteiger partial charge >= 0.3 is 0 Å². The summed E-state index contributed by atoms with van der Waals surface area (Å²) in [5.74, 6) is 2.17. The minimum atomic E-state index is -1.05. The summed E-state index contributed by atoms with van der Waals surface area (Å²) in [6.07, 6.45) is 7.19. The van der Waals surface area contributed by atoms with E-state index in [4.69, 9.17) is 9.05 Å². The highest BCUT2D eigenvalue weighted by atomic mass is 31.2. The maximum Gasteiger partial charge on any atom is 0.293 e. The second-order valence-corrected chi connectivity index (χ2v) is 13.7. The Bertz CT molecular complexity index is 916. The van der Waals surface area contributed by atoms with Crippen LogP contribution in [-0.2, 0) is 17.3 Å². The van der Waals surface area contributed by atoms with Crippen molar-refractivity contribution in [2.24, 2.45) is 0 Å². The van der Waals surface area contributed by atoms with Crippen LogP contribution in [0.5, 0.6) is 11.5 Å². The summed E-state index contributed by atoms with van der Waals surface area (Å²) >= 11 is 0. The summed E-state index contributed by atoms with van der Waals surface area (Å²) in [6.45, 7) is 18.2. The molecule has 0 unspecified atom stereocenters. The van der Waals surface area contributed by atoms with Gasteiger partial charge < -0.3 is 9.05 Å². The molecule has 0 atom stereocenters. The average Bonchev–Trinajstić information content (AvgIpc) is 2.67. The molecule has 174 valence electrons. The van der Waals surface area contributed by atoms with E-state index in [1.54, 1.807) is 0 Å². The Kier molecular flexibility index (Phi) is 6.40. The molecule has 1 aliphatic carbocycles. The number of aryl methyl sites for hydroxylation is 2. The maximum atomic E-state index is 6.99. The lowest BCUT2D eigenvalue weighted by molar-refractivity contribution is 0.408. The SMILES string of the molecule is Cc1cc2c(c(C(C)(C)C)c1)OP(C1CCCCC1)Oc1c(cc(C)cc1C(C)(C)C)C2. The van der Waals surface area contributed by atoms with Crippen molar-refractivity contribution < 1.29 is 9.05 Å². The Balaban J connectivity index is 1.94. The fourth-order valence-corrected chi connectivity index (χ4v) is 7.05. The standard InChI is InChI=1S/C29H41O2P/c1-19-14-21-18-22-15-20(2)17-25(29(6,7)8)27(22)31-32(23-12-10-9-11-13-23)30-26(21)24(16-19)28(3,4)5/h14-17,23H,9-13,18H2,1-8H3. The topological polar surface area (TPSA) is 18.5 Å². The molecule has 2 aromatic carbocycles. The van der Waals surface area contributed by atoms with Crippen molar-refractivity contribution >= 4 is 8.38 Å². The molecule has 0 amide bonds. The van der Waals surface area contributed by atoms with E-state index >= 15 is 0 Å². The van der Waals surface area contributed by atoms with Crippen molar-refractivity contribution in [3.05, 3.63) is 57.6 Å². The summed E-state index contributed by atoms with van der Waals surface area (Å²) in [7, 11) is -1.05. The molecule has 2 aliphatic rings. The van der Waals surface area contributed by atoms with Crippen LogP contribution < -0.4 is 9.05 Å². The summed E-state index contributed by atoms with van der Waals surface area (Å²) in [5, 5.41) is 0. The van der Waals surface area contributed by atoms with E-state index < -0.39 is 8.38 Å². The Morgan fingerprint density at radius 1 is 0.688 bits per heavy atom. The first kappa shape index (κ1) is 23.6. The zero-order valence-electron chi connectivity index (χ0n) is 21.4. The maximum absolute atomic E-state index is 6.99. The van der Waals surface area contributed by atoms with Gasteiger partial charge in [0.2, 0.25) is 0 Å². The van der Waals surface area contributed by atoms with Gasteiger partial charge in [0, 0.05) is 17.5 Å². The molecule has 0 spiro atoms. The minimum Gasteiger partial charge on any atom is -0.438 e. The van der Waals surface area contributed by atoms with Crippen LogP contribution in [0.1, 0.15) is 107 Å². The number of rotatable bonds is 1. The molecule has 2 nitrogen and oxygen atoms in total. The van der Waals surface area contributed by atoms with Crippen LogP contribution in [0.15, 0.2) is 24.3 Å². The minimum absolute atomic E-state index is 0.0227. The second kappa shape index (κ2) is 8.68. The number of hydrogen-bond acceptors (Lipinski definition) is 2. The van der Waals surface area contributed by atoms with Gasteiger partial charge in [-0.2, -0.15) is 0 Å². The largest absolute Gasteiger partial charge is 0.438 e. The van der Waals surface area contributed by atoms with Gasteiger partial charge in [0.1, 0.15) is 11.5 Å². The third-order valence-electron chi connectivity index (χ3n) is 6.85. The first-order valence-corrected chi connectivity index (χ1v) is 13.6. The molecule has 2 aromatic rings. The fraction of sp³-hybridized carbons (Fsp3) is 0.586. The van der Waals surface area contributed by atoms with Crippen molar-refractivity contribution in [2.75, 3.05) is 0 Å². The van der Waals surface area contributed by atoms with E-state index in [-0.39, 0.29) is 10.8 Å². The Morgan fingerprint density at radius 3 is 1.53 bits per heavy atom. The smallest absolute Gasteiger partial charge is 0.293 e. The van der Waals surface area contributed by atoms with Crippen molar-refractivity contribution in [1.82, 2.24) is 0 Å². The summed E-state index contributed by atoms with van der Waals surface area (Å²) < 4.78 is 14.0. The highest BCUT2D eigenvalue weighted by molar-refractivity contribution is 7.49. The molecular weight excluding hydrogens is 411 g/mol. The molecule has 1 aliphatic heterocycles. The number of benzene rings is 2. The third kappa shape index (κ3) is 4.86. The highest BCUT2D eigenvalue weighted by Gasteiger charge is 2.36. The second-order valence-electron chi connectivity index (χ2n) is 12.0. The quantitative estimate of drug-likeness (QED) is 0.402. The zero-order valence-corrected chi connectivity index (χ0v) is 22.3. The predicted octanol–water partition coefficient (Wildman–Crippen LogP) is 8.91. The Hall–Kier alpha value is -1.53. The van der Waals surface area contributed by atoms with Crippen LogP contribution in [0.4, 0.5) is 0 Å². The van der Waals surface area contributed by atoms with Crippen molar-refractivity contribution in [3.63, 3.8) is 0 Å². The van der Waals surface area contributed by atoms with Crippen molar-refractivity contribution in [2.45, 2.75) is 110 Å². The molecule has 4 rings (SSSR count). The highest BCUT2D eigenvalue weighted by Crippen LogP contribution is 2.56. The van der Waals surface area contributed by atoms with E-state index in [1.807, 2.05) is 0 Å². The van der Waals surface area contributed by atoms with E-state index in [0.29, 0.717) is 5.66 Å². The third-order valence-corrected chi connectivity index (χ3v) is 8.69. The van der Waals surface area contributed by atoms with Crippen molar-refractivity contribution in [3.8, 4) is 11.5 Å². The van der Waals surface area contributed by atoms with Gasteiger partial charge in [0.05, 0.1) is 5.66 Å². The van der Waals surface area contributed by atoms with Crippen LogP contribution in [0.2, 0.25) is 0 Å². The Labute approximate surface area is 197 Å². The van der Waals surface area contributed by atoms with Gasteiger partial charge in [0.25, 0.3) is 8.38 Å². The molecular formula is C29H41O2P. The molecule has 0 saturated heterocycles. The molecule has 0 radical (unpaired) electrons. The first-order chi connectivity index (χ1) is 14.9. The lowest BCUT2D eigenvalue weighted by atomic mass is 9.81. The first-order valence-electron chi connectivity index (χ1n) is 12.4. The summed E-state index contributed by atoms with van der Waals surface area (Å²) in [6, 6.07) is 9.33. The summed E-state index contributed by atoms with van der Waals surface area (Å²) in [5.41, 5.74) is 8.42. The number of fused-ring (bicyclic) bond motifs is 2. The normalized spacial score (nSPS) is 18.1. The van der Waals surface area contributed by atoms with E-state index in [2.05, 4.69) is 79.7 Å². The van der Waals surface area contributed by atoms with E-state index in [0.717, 1.165) is 17.9 Å². The van der Waals surface area contributed by atoms with Crippen molar-refractivity contribution in [1.29, 1.82) is 0 Å². The fourth-order valence-electron chi connectivity index (χ4n) is 5.13. The average molecular weight is 453 g/mol. The zero-order chi connectivity index (χ0) is 23.3. The molecule has 1 heterocycles. The van der Waals surface area contributed by atoms with Gasteiger partial charge in [-0.1, -0.05) is 96.2 Å². The van der Waals surface area contributed by atoms with Crippen LogP contribution in [0.3, 0.4) is 0 Å². The van der Waals surface area contributed by atoms with Gasteiger partial charge in [-0.05, 0) is 48.6 Å². The number of hydrogen-bond donors (Lipinski definition) is 0. The van der Waals surface area contributed by atoms with Gasteiger partial charge in [0.15, 0.2) is 0 Å². The molecule has 0 bridgehead atoms. The lowest BCUT2D eigenvalue weighted by Gasteiger charge is -2.36. The van der Waals surface area contributed by atoms with Crippen LogP contribution in [0.25, 0.3) is 0 Å². The monoisotopic (exact) mass is 452 g/mol. The van der Waals surface area contributed by atoms with Gasteiger partial charge in [-0.25, -0.2) is 0 Å². The van der Waals surface area contributed by atoms with E-state index in [9.17, 15) is 0 Å². The summed E-state index contributed by atoms with van der Waals surface area (Å²) in [4.78, 5) is 0. The predicted molar refractivity (Wildman–Crippen MR) is 138 cm³/mol. The van der Waals surface area contributed by atoms with Gasteiger partial charge in [-0.3, -0.25) is 0 Å². The van der Waals surface area contributed by atoms with Gasteiger partial charge in [-0.15, -0.1) is 0 Å². The van der Waals surface area contributed by atoms with E-state index in [1.165, 1.54) is 65.5 Å². The Morgan fingerprint density at radius 2 is 1.12 bits per heavy atom. The molecule has 1 fully saturated rings. The molecule has 32 heavy (non-hydrogen) atoms. The molecule has 1 saturated carbocycles. The lowest BCUT2D eigenvalue weighted by Crippen LogP contribution is -2.22. The van der Waals surface area contributed by atoms with Crippen LogP contribution >= 0.6 is 8.38 Å². The molecule has 3 heteroatoms. The van der Waals surface area contributed by atoms with Crippen LogP contribution in [-0.4, -0.2) is 5.66 Å². The molecule has 0 aromatic heterocycles.